The van der Waals surface area contributed by atoms with Gasteiger partial charge in [-0.25, -0.2) is 0 Å². The van der Waals surface area contributed by atoms with Crippen molar-refractivity contribution in [2.45, 2.75) is 17.2 Å². The van der Waals surface area contributed by atoms with Crippen molar-refractivity contribution in [3.05, 3.63) is 29.3 Å². The average molecular weight is 246 g/mol. The number of thiol groups is 1. The monoisotopic (exact) mass is 246 g/mol. The second-order valence-electron chi connectivity index (χ2n) is 2.70. The maximum atomic E-state index is 12.3. The molecule has 0 heterocycles. The van der Waals surface area contributed by atoms with Gasteiger partial charge < -0.3 is 0 Å². The van der Waals surface area contributed by atoms with Crippen LogP contribution in [0.1, 0.15) is 11.1 Å². The highest BCUT2D eigenvalue weighted by atomic mass is 32.1. The summed E-state index contributed by atoms with van der Waals surface area (Å²) in [4.78, 5) is -0.739. The highest BCUT2D eigenvalue weighted by Gasteiger charge is 2.44. The fourth-order valence-corrected chi connectivity index (χ4v) is 1.41. The lowest BCUT2D eigenvalue weighted by atomic mass is 10.1. The Bertz CT molecular complexity index is 364. The third kappa shape index (κ3) is 2.58. The molecule has 0 fully saturated rings. The third-order valence-electron chi connectivity index (χ3n) is 1.63. The van der Waals surface area contributed by atoms with Crippen LogP contribution < -0.4 is 0 Å². The topological polar surface area (TPSA) is 0 Å². The summed E-state index contributed by atoms with van der Waals surface area (Å²) < 4.78 is 73.5. The summed E-state index contributed by atoms with van der Waals surface area (Å²) in [6.07, 6.45) is -10.1. The predicted octanol–water partition coefficient (Wildman–Crippen LogP) is 4.01. The van der Waals surface area contributed by atoms with Crippen LogP contribution in [0.5, 0.6) is 0 Å². The van der Waals surface area contributed by atoms with Crippen LogP contribution in [0.2, 0.25) is 0 Å². The molecule has 0 N–H and O–H groups in total. The minimum atomic E-state index is -5.07. The molecule has 1 aromatic rings. The Labute approximate surface area is 86.3 Å². The van der Waals surface area contributed by atoms with E-state index in [1.165, 1.54) is 0 Å². The van der Waals surface area contributed by atoms with Crippen molar-refractivity contribution in [2.24, 2.45) is 0 Å². The Kier molecular flexibility index (Phi) is 2.95. The molecular weight excluding hydrogens is 242 g/mol. The van der Waals surface area contributed by atoms with Gasteiger partial charge in [-0.2, -0.15) is 26.3 Å². The van der Waals surface area contributed by atoms with E-state index in [-0.39, 0.29) is 0 Å². The van der Waals surface area contributed by atoms with Crippen molar-refractivity contribution < 1.29 is 26.3 Å². The van der Waals surface area contributed by atoms with Gasteiger partial charge in [-0.15, -0.1) is 12.6 Å². The van der Waals surface area contributed by atoms with Gasteiger partial charge in [-0.05, 0) is 12.1 Å². The van der Waals surface area contributed by atoms with Crippen molar-refractivity contribution in [2.75, 3.05) is 0 Å². The molecular formula is C8H4F6S. The molecule has 0 aromatic heterocycles. The zero-order valence-corrected chi connectivity index (χ0v) is 7.84. The zero-order valence-electron chi connectivity index (χ0n) is 6.95. The second kappa shape index (κ2) is 3.62. The predicted molar refractivity (Wildman–Crippen MR) is 43.7 cm³/mol. The van der Waals surface area contributed by atoms with Gasteiger partial charge in [0, 0.05) is 4.90 Å². The van der Waals surface area contributed by atoms with Gasteiger partial charge in [0.05, 0.1) is 11.1 Å². The number of benzene rings is 1. The zero-order chi connectivity index (χ0) is 11.9. The summed E-state index contributed by atoms with van der Waals surface area (Å²) in [5, 5.41) is 0. The Morgan fingerprint density at radius 1 is 0.867 bits per heavy atom. The van der Waals surface area contributed by atoms with Gasteiger partial charge in [-0.1, -0.05) is 6.07 Å². The van der Waals surface area contributed by atoms with Crippen molar-refractivity contribution >= 4 is 12.6 Å². The fraction of sp³-hybridized carbons (Fsp3) is 0.250. The van der Waals surface area contributed by atoms with E-state index in [1.54, 1.807) is 0 Å². The molecule has 1 rings (SSSR count). The van der Waals surface area contributed by atoms with E-state index < -0.39 is 28.4 Å². The molecule has 0 atom stereocenters. The largest absolute Gasteiger partial charge is 0.418 e. The third-order valence-corrected chi connectivity index (χ3v) is 2.00. The first-order valence-electron chi connectivity index (χ1n) is 3.60. The van der Waals surface area contributed by atoms with Crippen molar-refractivity contribution in [3.63, 3.8) is 0 Å². The van der Waals surface area contributed by atoms with Crippen LogP contribution in [0.4, 0.5) is 26.3 Å². The van der Waals surface area contributed by atoms with Crippen molar-refractivity contribution in [1.29, 1.82) is 0 Å². The lowest BCUT2D eigenvalue weighted by Crippen LogP contribution is -2.17. The SMILES string of the molecule is FC(F)(F)c1cccc(S)c1C(F)(F)F. The van der Waals surface area contributed by atoms with Crippen LogP contribution in [-0.4, -0.2) is 0 Å². The lowest BCUT2D eigenvalue weighted by Gasteiger charge is -2.16. The first-order chi connectivity index (χ1) is 6.64. The summed E-state index contributed by atoms with van der Waals surface area (Å²) in [6.45, 7) is 0. The summed E-state index contributed by atoms with van der Waals surface area (Å²) >= 11 is 3.37. The first-order valence-corrected chi connectivity index (χ1v) is 4.05. The van der Waals surface area contributed by atoms with Crippen LogP contribution >= 0.6 is 12.6 Å². The normalized spacial score (nSPS) is 13.0. The molecule has 84 valence electrons. The number of hydrogen-bond acceptors (Lipinski definition) is 1. The number of rotatable bonds is 0. The molecule has 0 aliphatic rings. The molecule has 0 saturated carbocycles. The maximum Gasteiger partial charge on any atom is 0.418 e. The molecule has 0 spiro atoms. The van der Waals surface area contributed by atoms with Gasteiger partial charge in [0.25, 0.3) is 0 Å². The molecule has 0 saturated heterocycles. The van der Waals surface area contributed by atoms with Crippen LogP contribution in [-0.2, 0) is 12.4 Å². The van der Waals surface area contributed by atoms with Gasteiger partial charge in [0.1, 0.15) is 0 Å². The molecule has 0 bridgehead atoms. The van der Waals surface area contributed by atoms with E-state index in [2.05, 4.69) is 12.6 Å². The number of alkyl halides is 6. The fourth-order valence-electron chi connectivity index (χ4n) is 1.07. The molecule has 15 heavy (non-hydrogen) atoms. The Balaban J connectivity index is 3.48. The lowest BCUT2D eigenvalue weighted by molar-refractivity contribution is -0.163. The van der Waals surface area contributed by atoms with Crippen molar-refractivity contribution in [1.82, 2.24) is 0 Å². The Hall–Kier alpha value is -0.850. The molecule has 0 aliphatic heterocycles. The molecule has 1 aromatic carbocycles. The van der Waals surface area contributed by atoms with Crippen LogP contribution in [0.3, 0.4) is 0 Å². The molecule has 0 amide bonds. The minimum Gasteiger partial charge on any atom is -0.166 e. The highest BCUT2D eigenvalue weighted by molar-refractivity contribution is 7.80. The molecule has 0 nitrogen and oxygen atoms in total. The minimum absolute atomic E-state index is 0.378. The summed E-state index contributed by atoms with van der Waals surface area (Å²) in [7, 11) is 0. The van der Waals surface area contributed by atoms with Gasteiger partial charge in [0.15, 0.2) is 0 Å². The smallest absolute Gasteiger partial charge is 0.166 e. The van der Waals surface area contributed by atoms with E-state index >= 15 is 0 Å². The standard InChI is InChI=1S/C8H4F6S/c9-7(10,11)4-2-1-3-5(15)6(4)8(12,13)14/h1-3,15H. The van der Waals surface area contributed by atoms with E-state index in [4.69, 9.17) is 0 Å². The first kappa shape index (κ1) is 12.2. The van der Waals surface area contributed by atoms with Gasteiger partial charge in [-0.3, -0.25) is 0 Å². The van der Waals surface area contributed by atoms with E-state index in [9.17, 15) is 26.3 Å². The number of hydrogen-bond donors (Lipinski definition) is 1. The number of halogens is 6. The van der Waals surface area contributed by atoms with Crippen LogP contribution in [0.15, 0.2) is 23.1 Å². The van der Waals surface area contributed by atoms with E-state index in [1.807, 2.05) is 0 Å². The van der Waals surface area contributed by atoms with Crippen LogP contribution in [0, 0.1) is 0 Å². The summed E-state index contributed by atoms with van der Waals surface area (Å²) in [6, 6.07) is 2.12. The Morgan fingerprint density at radius 3 is 1.73 bits per heavy atom. The molecule has 0 radical (unpaired) electrons. The van der Waals surface area contributed by atoms with E-state index in [0.29, 0.717) is 6.07 Å². The quantitative estimate of drug-likeness (QED) is 0.519. The van der Waals surface area contributed by atoms with Gasteiger partial charge in [0.2, 0.25) is 0 Å². The molecule has 0 unspecified atom stereocenters. The summed E-state index contributed by atoms with van der Waals surface area (Å²) in [5.74, 6) is 0. The van der Waals surface area contributed by atoms with Crippen molar-refractivity contribution in [3.8, 4) is 0 Å². The maximum absolute atomic E-state index is 12.3. The second-order valence-corrected chi connectivity index (χ2v) is 3.18. The molecule has 0 aliphatic carbocycles. The van der Waals surface area contributed by atoms with Gasteiger partial charge >= 0.3 is 12.4 Å². The van der Waals surface area contributed by atoms with Crippen LogP contribution in [0.25, 0.3) is 0 Å². The average Bonchev–Trinajstić information content (AvgIpc) is 1.99. The highest BCUT2D eigenvalue weighted by Crippen LogP contribution is 2.42. The summed E-state index contributed by atoms with van der Waals surface area (Å²) in [5.41, 5.74) is -3.47. The van der Waals surface area contributed by atoms with E-state index in [0.717, 1.165) is 12.1 Å². The Morgan fingerprint density at radius 2 is 1.40 bits per heavy atom. The molecule has 7 heteroatoms.